The SMILES string of the molecule is COc1ccc([C@@H](NC(=O)CSc2nnc(-c3ccoc3C)o2)c2ccccc2)cc1. The number of nitrogens with one attached hydrogen (secondary N) is 1. The number of ether oxygens (including phenoxy) is 1. The minimum Gasteiger partial charge on any atom is -0.497 e. The van der Waals surface area contributed by atoms with E-state index in [-0.39, 0.29) is 17.7 Å². The number of thioether (sulfide) groups is 1. The summed E-state index contributed by atoms with van der Waals surface area (Å²) in [4.78, 5) is 12.7. The molecule has 0 aliphatic rings. The quantitative estimate of drug-likeness (QED) is 0.403. The lowest BCUT2D eigenvalue weighted by atomic mass is 9.98. The molecule has 1 N–H and O–H groups in total. The summed E-state index contributed by atoms with van der Waals surface area (Å²) in [5.74, 6) is 1.83. The van der Waals surface area contributed by atoms with Gasteiger partial charge in [0.25, 0.3) is 11.1 Å². The first kappa shape index (κ1) is 20.7. The summed E-state index contributed by atoms with van der Waals surface area (Å²) in [6.07, 6.45) is 1.57. The zero-order valence-electron chi connectivity index (χ0n) is 17.1. The predicted molar refractivity (Wildman–Crippen MR) is 117 cm³/mol. The summed E-state index contributed by atoms with van der Waals surface area (Å²) in [5, 5.41) is 11.5. The normalized spacial score (nSPS) is 11.8. The van der Waals surface area contributed by atoms with Gasteiger partial charge in [0.1, 0.15) is 11.5 Å². The summed E-state index contributed by atoms with van der Waals surface area (Å²) in [6, 6.07) is 18.9. The van der Waals surface area contributed by atoms with E-state index in [0.717, 1.165) is 22.4 Å². The number of methoxy groups -OCH3 is 1. The van der Waals surface area contributed by atoms with Crippen molar-refractivity contribution in [3.05, 3.63) is 83.8 Å². The van der Waals surface area contributed by atoms with Crippen molar-refractivity contribution in [1.82, 2.24) is 15.5 Å². The molecule has 4 rings (SSSR count). The van der Waals surface area contributed by atoms with Crippen molar-refractivity contribution < 1.29 is 18.4 Å². The Morgan fingerprint density at radius 2 is 1.81 bits per heavy atom. The minimum atomic E-state index is -0.285. The molecule has 0 saturated heterocycles. The van der Waals surface area contributed by atoms with Crippen LogP contribution in [-0.4, -0.2) is 29.0 Å². The third kappa shape index (κ3) is 4.97. The van der Waals surface area contributed by atoms with Crippen molar-refractivity contribution in [3.8, 4) is 17.2 Å². The number of rotatable bonds is 8. The molecule has 0 unspecified atom stereocenters. The maximum atomic E-state index is 12.7. The van der Waals surface area contributed by atoms with Crippen LogP contribution in [-0.2, 0) is 4.79 Å². The van der Waals surface area contributed by atoms with Crippen LogP contribution in [0.25, 0.3) is 11.5 Å². The largest absolute Gasteiger partial charge is 0.497 e. The standard InChI is InChI=1S/C23H21N3O4S/c1-15-19(12-13-29-15)22-25-26-23(30-22)31-14-20(27)24-21(16-6-4-3-5-7-16)17-8-10-18(28-2)11-9-17/h3-13,21H,14H2,1-2H3,(H,24,27)/t21-/m0/s1. The van der Waals surface area contributed by atoms with Crippen LogP contribution in [0.3, 0.4) is 0 Å². The highest BCUT2D eigenvalue weighted by Gasteiger charge is 2.19. The Kier molecular flexibility index (Phi) is 6.37. The molecular weight excluding hydrogens is 414 g/mol. The highest BCUT2D eigenvalue weighted by atomic mass is 32.2. The van der Waals surface area contributed by atoms with Gasteiger partial charge in [-0.2, -0.15) is 0 Å². The number of hydrogen-bond acceptors (Lipinski definition) is 7. The molecule has 31 heavy (non-hydrogen) atoms. The van der Waals surface area contributed by atoms with Crippen LogP contribution in [0.2, 0.25) is 0 Å². The van der Waals surface area contributed by atoms with Gasteiger partial charge in [0, 0.05) is 0 Å². The second kappa shape index (κ2) is 9.53. The van der Waals surface area contributed by atoms with Crippen molar-refractivity contribution in [2.24, 2.45) is 0 Å². The van der Waals surface area contributed by atoms with E-state index in [0.29, 0.717) is 16.9 Å². The number of benzene rings is 2. The number of carbonyl (C=O) groups excluding carboxylic acids is 1. The first-order valence-electron chi connectivity index (χ1n) is 9.63. The molecule has 7 nitrogen and oxygen atoms in total. The molecule has 1 atom stereocenters. The lowest BCUT2D eigenvalue weighted by Crippen LogP contribution is -2.30. The highest BCUT2D eigenvalue weighted by molar-refractivity contribution is 7.99. The summed E-state index contributed by atoms with van der Waals surface area (Å²) in [6.45, 7) is 1.82. The van der Waals surface area contributed by atoms with Crippen LogP contribution < -0.4 is 10.1 Å². The van der Waals surface area contributed by atoms with Gasteiger partial charge in [0.2, 0.25) is 5.91 Å². The number of aryl methyl sites for hydroxylation is 1. The molecule has 158 valence electrons. The van der Waals surface area contributed by atoms with E-state index < -0.39 is 0 Å². The molecule has 0 fully saturated rings. The molecule has 2 aromatic carbocycles. The van der Waals surface area contributed by atoms with Crippen molar-refractivity contribution in [3.63, 3.8) is 0 Å². The molecule has 1 amide bonds. The van der Waals surface area contributed by atoms with E-state index in [1.165, 1.54) is 11.8 Å². The third-order valence-corrected chi connectivity index (χ3v) is 5.53. The first-order chi connectivity index (χ1) is 15.1. The van der Waals surface area contributed by atoms with Crippen molar-refractivity contribution in [2.75, 3.05) is 12.9 Å². The molecule has 2 heterocycles. The van der Waals surface area contributed by atoms with Gasteiger partial charge in [0.15, 0.2) is 0 Å². The maximum absolute atomic E-state index is 12.7. The van der Waals surface area contributed by atoms with Gasteiger partial charge < -0.3 is 18.9 Å². The Labute approximate surface area is 183 Å². The second-order valence-corrected chi connectivity index (χ2v) is 7.66. The maximum Gasteiger partial charge on any atom is 0.277 e. The number of carbonyl (C=O) groups is 1. The van der Waals surface area contributed by atoms with E-state index in [1.54, 1.807) is 19.4 Å². The number of aromatic nitrogens is 2. The van der Waals surface area contributed by atoms with Gasteiger partial charge in [-0.05, 0) is 36.2 Å². The monoisotopic (exact) mass is 435 g/mol. The average Bonchev–Trinajstić information content (AvgIpc) is 3.45. The number of nitrogens with zero attached hydrogens (tertiary/aromatic N) is 2. The van der Waals surface area contributed by atoms with Gasteiger partial charge in [-0.1, -0.05) is 54.2 Å². The van der Waals surface area contributed by atoms with Crippen molar-refractivity contribution in [2.45, 2.75) is 18.2 Å². The molecule has 0 aliphatic carbocycles. The Morgan fingerprint density at radius 1 is 1.06 bits per heavy atom. The molecule has 0 saturated carbocycles. The Morgan fingerprint density at radius 3 is 2.48 bits per heavy atom. The van der Waals surface area contributed by atoms with Gasteiger partial charge in [-0.3, -0.25) is 4.79 Å². The summed E-state index contributed by atoms with van der Waals surface area (Å²) in [7, 11) is 1.62. The average molecular weight is 436 g/mol. The molecule has 0 spiro atoms. The van der Waals surface area contributed by atoms with Crippen LogP contribution in [0.1, 0.15) is 22.9 Å². The fourth-order valence-corrected chi connectivity index (χ4v) is 3.69. The summed E-state index contributed by atoms with van der Waals surface area (Å²) < 4.78 is 16.1. The van der Waals surface area contributed by atoms with Gasteiger partial charge in [-0.15, -0.1) is 10.2 Å². The van der Waals surface area contributed by atoms with Crippen LogP contribution in [0.4, 0.5) is 0 Å². The Balaban J connectivity index is 1.44. The second-order valence-electron chi connectivity index (χ2n) is 6.74. The Hall–Kier alpha value is -3.52. The van der Waals surface area contributed by atoms with Crippen molar-refractivity contribution in [1.29, 1.82) is 0 Å². The van der Waals surface area contributed by atoms with E-state index >= 15 is 0 Å². The molecular formula is C23H21N3O4S. The molecule has 0 radical (unpaired) electrons. The van der Waals surface area contributed by atoms with E-state index in [2.05, 4.69) is 15.5 Å². The third-order valence-electron chi connectivity index (χ3n) is 4.71. The van der Waals surface area contributed by atoms with E-state index in [4.69, 9.17) is 13.6 Å². The predicted octanol–water partition coefficient (Wildman–Crippen LogP) is 4.64. The minimum absolute atomic E-state index is 0.144. The number of furan rings is 1. The highest BCUT2D eigenvalue weighted by Crippen LogP contribution is 2.27. The first-order valence-corrected chi connectivity index (χ1v) is 10.6. The van der Waals surface area contributed by atoms with Crippen LogP contribution >= 0.6 is 11.8 Å². The summed E-state index contributed by atoms with van der Waals surface area (Å²) >= 11 is 1.19. The van der Waals surface area contributed by atoms with Crippen LogP contribution in [0.15, 0.2) is 81.0 Å². The zero-order chi connectivity index (χ0) is 21.6. The van der Waals surface area contributed by atoms with Crippen LogP contribution in [0, 0.1) is 6.92 Å². The molecule has 8 heteroatoms. The number of hydrogen-bond donors (Lipinski definition) is 1. The van der Waals surface area contributed by atoms with Crippen LogP contribution in [0.5, 0.6) is 5.75 Å². The lowest BCUT2D eigenvalue weighted by molar-refractivity contribution is -0.119. The molecule has 4 aromatic rings. The fourth-order valence-electron chi connectivity index (χ4n) is 3.11. The summed E-state index contributed by atoms with van der Waals surface area (Å²) in [5.41, 5.74) is 2.69. The zero-order valence-corrected chi connectivity index (χ0v) is 17.9. The lowest BCUT2D eigenvalue weighted by Gasteiger charge is -2.20. The molecule has 0 bridgehead atoms. The fraction of sp³-hybridized carbons (Fsp3) is 0.174. The van der Waals surface area contributed by atoms with E-state index in [9.17, 15) is 4.79 Å². The van der Waals surface area contributed by atoms with Gasteiger partial charge in [-0.25, -0.2) is 0 Å². The molecule has 0 aliphatic heterocycles. The molecule has 2 aromatic heterocycles. The van der Waals surface area contributed by atoms with Gasteiger partial charge >= 0.3 is 0 Å². The Bertz CT molecular complexity index is 1140. The number of amides is 1. The topological polar surface area (TPSA) is 90.4 Å². The van der Waals surface area contributed by atoms with Crippen molar-refractivity contribution >= 4 is 17.7 Å². The van der Waals surface area contributed by atoms with Gasteiger partial charge in [0.05, 0.1) is 30.7 Å². The van der Waals surface area contributed by atoms with E-state index in [1.807, 2.05) is 61.5 Å². The smallest absolute Gasteiger partial charge is 0.277 e.